The van der Waals surface area contributed by atoms with Crippen molar-refractivity contribution in [3.63, 3.8) is 0 Å². The van der Waals surface area contributed by atoms with Crippen LogP contribution in [0.25, 0.3) is 10.8 Å². The highest BCUT2D eigenvalue weighted by atomic mass is 16.4. The number of benzene rings is 2. The van der Waals surface area contributed by atoms with E-state index in [0.717, 1.165) is 4.68 Å². The molecule has 0 radical (unpaired) electrons. The van der Waals surface area contributed by atoms with Gasteiger partial charge in [-0.3, -0.25) is 9.59 Å². The molecule has 8 heteroatoms. The first kappa shape index (κ1) is 16.9. The lowest BCUT2D eigenvalue weighted by atomic mass is 10.1. The topological polar surface area (TPSA) is 128 Å². The van der Waals surface area contributed by atoms with Crippen LogP contribution >= 0.6 is 0 Å². The minimum atomic E-state index is -1.54. The summed E-state index contributed by atoms with van der Waals surface area (Å²) in [6, 6.07) is 14.2. The molecule has 26 heavy (non-hydrogen) atoms. The van der Waals surface area contributed by atoms with E-state index in [-0.39, 0.29) is 10.8 Å². The van der Waals surface area contributed by atoms with Gasteiger partial charge in [0.25, 0.3) is 5.56 Å². The highest BCUT2D eigenvalue weighted by Crippen LogP contribution is 2.13. The lowest BCUT2D eigenvalue weighted by molar-refractivity contribution is -0.255. The number of carbonyl (C=O) groups is 2. The molecule has 1 aromatic heterocycles. The van der Waals surface area contributed by atoms with Crippen LogP contribution < -0.4 is 16.0 Å². The van der Waals surface area contributed by atoms with E-state index < -0.39 is 29.7 Å². The second-order valence-electron chi connectivity index (χ2n) is 5.38. The van der Waals surface area contributed by atoms with E-state index in [1.54, 1.807) is 24.3 Å². The van der Waals surface area contributed by atoms with E-state index in [4.69, 9.17) is 5.26 Å². The van der Waals surface area contributed by atoms with Crippen LogP contribution in [0.2, 0.25) is 0 Å². The molecule has 8 nitrogen and oxygen atoms in total. The molecule has 0 bridgehead atoms. The average Bonchev–Trinajstić information content (AvgIpc) is 2.64. The van der Waals surface area contributed by atoms with E-state index in [9.17, 15) is 19.5 Å². The Morgan fingerprint density at radius 2 is 1.77 bits per heavy atom. The Kier molecular flexibility index (Phi) is 4.45. The summed E-state index contributed by atoms with van der Waals surface area (Å²) in [5.41, 5.74) is -0.121. The van der Waals surface area contributed by atoms with Gasteiger partial charge in [0.05, 0.1) is 23.0 Å². The van der Waals surface area contributed by atoms with Crippen molar-refractivity contribution in [2.45, 2.75) is 6.54 Å². The summed E-state index contributed by atoms with van der Waals surface area (Å²) in [6.07, 6.45) is 0. The average molecular weight is 347 g/mol. The summed E-state index contributed by atoms with van der Waals surface area (Å²) in [4.78, 5) is 35.9. The number of carboxylic acid groups (broad SMARTS) is 1. The highest BCUT2D eigenvalue weighted by Gasteiger charge is 2.13. The molecule has 1 amide bonds. The SMILES string of the molecule is N#Cc1ccc(NC(=O)Cn2nc(C(=O)[O-])c3ccccc3c2=O)cc1. The molecular weight excluding hydrogens is 336 g/mol. The van der Waals surface area contributed by atoms with Gasteiger partial charge >= 0.3 is 0 Å². The summed E-state index contributed by atoms with van der Waals surface area (Å²) in [7, 11) is 0. The zero-order valence-corrected chi connectivity index (χ0v) is 13.3. The fourth-order valence-corrected chi connectivity index (χ4v) is 2.46. The lowest BCUT2D eigenvalue weighted by Crippen LogP contribution is -2.34. The number of anilines is 1. The highest BCUT2D eigenvalue weighted by molar-refractivity contribution is 6.00. The number of amides is 1. The number of hydrogen-bond donors (Lipinski definition) is 1. The summed E-state index contributed by atoms with van der Waals surface area (Å²) in [6.45, 7) is -0.468. The van der Waals surface area contributed by atoms with Crippen molar-refractivity contribution < 1.29 is 14.7 Å². The minimum absolute atomic E-state index is 0.132. The first-order valence-electron chi connectivity index (χ1n) is 7.51. The molecule has 0 aliphatic carbocycles. The number of nitrogens with one attached hydrogen (secondary N) is 1. The predicted octanol–water partition coefficient (Wildman–Crippen LogP) is 0.270. The van der Waals surface area contributed by atoms with Crippen molar-refractivity contribution in [1.82, 2.24) is 9.78 Å². The first-order chi connectivity index (χ1) is 12.5. The molecule has 2 aromatic carbocycles. The summed E-state index contributed by atoms with van der Waals surface area (Å²) >= 11 is 0. The van der Waals surface area contributed by atoms with Crippen molar-refractivity contribution in [3.05, 3.63) is 70.1 Å². The van der Waals surface area contributed by atoms with Gasteiger partial charge in [0.1, 0.15) is 12.2 Å². The van der Waals surface area contributed by atoms with Crippen LogP contribution in [0, 0.1) is 11.3 Å². The summed E-state index contributed by atoms with van der Waals surface area (Å²) in [5, 5.41) is 26.6. The molecule has 0 aliphatic rings. The van der Waals surface area contributed by atoms with E-state index >= 15 is 0 Å². The van der Waals surface area contributed by atoms with Crippen molar-refractivity contribution in [1.29, 1.82) is 5.26 Å². The normalized spacial score (nSPS) is 10.3. The Labute approximate surface area is 146 Å². The molecule has 0 fully saturated rings. The zero-order chi connectivity index (χ0) is 18.7. The predicted molar refractivity (Wildman–Crippen MR) is 90.1 cm³/mol. The number of carboxylic acids is 1. The van der Waals surface area contributed by atoms with Gasteiger partial charge < -0.3 is 15.2 Å². The van der Waals surface area contributed by atoms with Crippen molar-refractivity contribution in [2.24, 2.45) is 0 Å². The number of aromatic carboxylic acids is 1. The van der Waals surface area contributed by atoms with Crippen molar-refractivity contribution >= 4 is 28.3 Å². The molecule has 3 aromatic rings. The van der Waals surface area contributed by atoms with Gasteiger partial charge in [0.15, 0.2) is 0 Å². The minimum Gasteiger partial charge on any atom is -0.543 e. The number of nitriles is 1. The van der Waals surface area contributed by atoms with E-state index in [0.29, 0.717) is 11.3 Å². The van der Waals surface area contributed by atoms with Crippen LogP contribution in [0.5, 0.6) is 0 Å². The maximum Gasteiger partial charge on any atom is 0.275 e. The largest absolute Gasteiger partial charge is 0.543 e. The Bertz CT molecular complexity index is 1110. The molecule has 0 unspecified atom stereocenters. The molecule has 0 saturated carbocycles. The number of rotatable bonds is 4. The maximum absolute atomic E-state index is 12.4. The molecule has 3 rings (SSSR count). The van der Waals surface area contributed by atoms with Crippen LogP contribution in [0.3, 0.4) is 0 Å². The third-order valence-corrected chi connectivity index (χ3v) is 3.65. The lowest BCUT2D eigenvalue weighted by Gasteiger charge is -2.11. The van der Waals surface area contributed by atoms with E-state index in [1.807, 2.05) is 6.07 Å². The second kappa shape index (κ2) is 6.86. The van der Waals surface area contributed by atoms with Crippen LogP contribution in [-0.4, -0.2) is 21.7 Å². The molecule has 1 N–H and O–H groups in total. The number of fused-ring (bicyclic) bond motifs is 1. The number of carbonyl (C=O) groups excluding carboxylic acids is 2. The molecule has 128 valence electrons. The van der Waals surface area contributed by atoms with Crippen LogP contribution in [0.4, 0.5) is 5.69 Å². The first-order valence-corrected chi connectivity index (χ1v) is 7.51. The molecule has 0 saturated heterocycles. The zero-order valence-electron chi connectivity index (χ0n) is 13.3. The molecule has 0 spiro atoms. The standard InChI is InChI=1S/C18H12N4O4/c19-9-11-5-7-12(8-6-11)20-15(23)10-22-17(24)14-4-2-1-3-13(14)16(21-22)18(25)26/h1-8H,10H2,(H,20,23)(H,25,26)/p-1. The van der Waals surface area contributed by atoms with Crippen molar-refractivity contribution in [3.8, 4) is 6.07 Å². The fourth-order valence-electron chi connectivity index (χ4n) is 2.46. The van der Waals surface area contributed by atoms with Gasteiger partial charge in [-0.15, -0.1) is 0 Å². The molecule has 0 aliphatic heterocycles. The molecular formula is C18H11N4O4-. The molecule has 1 heterocycles. The van der Waals surface area contributed by atoms with Crippen LogP contribution in [0.1, 0.15) is 16.1 Å². The summed E-state index contributed by atoms with van der Waals surface area (Å²) in [5.74, 6) is -2.11. The fraction of sp³-hybridized carbons (Fsp3) is 0.0556. The second-order valence-corrected chi connectivity index (χ2v) is 5.38. The van der Waals surface area contributed by atoms with Crippen molar-refractivity contribution in [2.75, 3.05) is 5.32 Å². The Morgan fingerprint density at radius 3 is 2.38 bits per heavy atom. The number of aromatic nitrogens is 2. The Morgan fingerprint density at radius 1 is 1.12 bits per heavy atom. The van der Waals surface area contributed by atoms with Gasteiger partial charge in [-0.1, -0.05) is 18.2 Å². The van der Waals surface area contributed by atoms with Gasteiger partial charge in [0.2, 0.25) is 5.91 Å². The number of hydrogen-bond acceptors (Lipinski definition) is 6. The number of nitrogens with zero attached hydrogens (tertiary/aromatic N) is 3. The smallest absolute Gasteiger partial charge is 0.275 e. The van der Waals surface area contributed by atoms with Gasteiger partial charge in [-0.05, 0) is 30.3 Å². The third kappa shape index (κ3) is 3.27. The van der Waals surface area contributed by atoms with Gasteiger partial charge in [-0.25, -0.2) is 4.68 Å². The Balaban J connectivity index is 1.91. The van der Waals surface area contributed by atoms with Gasteiger partial charge in [-0.2, -0.15) is 10.4 Å². The quantitative estimate of drug-likeness (QED) is 0.721. The monoisotopic (exact) mass is 347 g/mol. The van der Waals surface area contributed by atoms with Gasteiger partial charge in [0, 0.05) is 11.1 Å². The van der Waals surface area contributed by atoms with E-state index in [2.05, 4.69) is 10.4 Å². The third-order valence-electron chi connectivity index (χ3n) is 3.65. The molecule has 0 atom stereocenters. The van der Waals surface area contributed by atoms with Crippen LogP contribution in [-0.2, 0) is 11.3 Å². The Hall–Kier alpha value is -3.99. The van der Waals surface area contributed by atoms with Crippen LogP contribution in [0.15, 0.2) is 53.3 Å². The summed E-state index contributed by atoms with van der Waals surface area (Å²) < 4.78 is 0.784. The maximum atomic E-state index is 12.4. The van der Waals surface area contributed by atoms with E-state index in [1.165, 1.54) is 24.3 Å².